The Hall–Kier alpha value is -1.79. The Morgan fingerprint density at radius 2 is 1.96 bits per heavy atom. The molecule has 0 bridgehead atoms. The number of piperazine rings is 1. The Bertz CT molecular complexity index is 536. The molecular weight excluding hydrogens is 326 g/mol. The number of nitrogens with one attached hydrogen (secondary N) is 2. The van der Waals surface area contributed by atoms with E-state index in [2.05, 4.69) is 55.8 Å². The summed E-state index contributed by atoms with van der Waals surface area (Å²) >= 11 is 0. The fourth-order valence-electron chi connectivity index (χ4n) is 3.61. The maximum absolute atomic E-state index is 5.64. The van der Waals surface area contributed by atoms with Gasteiger partial charge in [0, 0.05) is 58.6 Å². The van der Waals surface area contributed by atoms with Gasteiger partial charge in [-0.05, 0) is 37.9 Å². The molecule has 0 amide bonds. The number of nitrogens with zero attached hydrogens (tertiary/aromatic N) is 3. The van der Waals surface area contributed by atoms with Crippen molar-refractivity contribution in [2.24, 2.45) is 4.99 Å². The Balaban J connectivity index is 1.27. The number of ether oxygens (including phenoxy) is 1. The number of hydrogen-bond acceptors (Lipinski definition) is 4. The average molecular weight is 360 g/mol. The van der Waals surface area contributed by atoms with E-state index in [-0.39, 0.29) is 0 Å². The summed E-state index contributed by atoms with van der Waals surface area (Å²) in [5.41, 5.74) is 1.34. The van der Waals surface area contributed by atoms with Crippen LogP contribution in [0.1, 0.15) is 19.3 Å². The lowest BCUT2D eigenvalue weighted by Crippen LogP contribution is -2.47. The second kappa shape index (κ2) is 10.4. The van der Waals surface area contributed by atoms with Crippen molar-refractivity contribution < 1.29 is 4.74 Å². The third-order valence-corrected chi connectivity index (χ3v) is 5.18. The van der Waals surface area contributed by atoms with Gasteiger partial charge in [-0.15, -0.1) is 0 Å². The summed E-state index contributed by atoms with van der Waals surface area (Å²) in [6.45, 7) is 8.34. The molecule has 1 aromatic carbocycles. The first kappa shape index (κ1) is 19.0. The van der Waals surface area contributed by atoms with Crippen LogP contribution in [0.5, 0.6) is 0 Å². The van der Waals surface area contributed by atoms with Crippen molar-refractivity contribution in [3.8, 4) is 0 Å². The zero-order chi connectivity index (χ0) is 18.0. The molecule has 2 heterocycles. The highest BCUT2D eigenvalue weighted by atomic mass is 16.5. The van der Waals surface area contributed by atoms with Gasteiger partial charge in [0.05, 0.1) is 6.10 Å². The van der Waals surface area contributed by atoms with Gasteiger partial charge in [0.15, 0.2) is 5.96 Å². The molecule has 6 nitrogen and oxygen atoms in total. The van der Waals surface area contributed by atoms with Crippen molar-refractivity contribution in [2.75, 3.05) is 64.4 Å². The topological polar surface area (TPSA) is 52.1 Å². The lowest BCUT2D eigenvalue weighted by atomic mass is 10.2. The van der Waals surface area contributed by atoms with Crippen LogP contribution in [0.25, 0.3) is 0 Å². The molecule has 0 aliphatic carbocycles. The van der Waals surface area contributed by atoms with E-state index in [1.807, 2.05) is 7.05 Å². The molecule has 26 heavy (non-hydrogen) atoms. The third-order valence-electron chi connectivity index (χ3n) is 5.18. The van der Waals surface area contributed by atoms with Crippen LogP contribution in [0.3, 0.4) is 0 Å². The van der Waals surface area contributed by atoms with Crippen molar-refractivity contribution in [3.05, 3.63) is 30.3 Å². The van der Waals surface area contributed by atoms with E-state index >= 15 is 0 Å². The van der Waals surface area contributed by atoms with Crippen LogP contribution in [0.2, 0.25) is 0 Å². The summed E-state index contributed by atoms with van der Waals surface area (Å²) in [6.07, 6.45) is 3.80. The van der Waals surface area contributed by atoms with Gasteiger partial charge in [0.25, 0.3) is 0 Å². The van der Waals surface area contributed by atoms with E-state index in [1.165, 1.54) is 12.1 Å². The minimum Gasteiger partial charge on any atom is -0.376 e. The first-order valence-electron chi connectivity index (χ1n) is 9.93. The predicted octanol–water partition coefficient (Wildman–Crippen LogP) is 1.54. The smallest absolute Gasteiger partial charge is 0.191 e. The lowest BCUT2D eigenvalue weighted by molar-refractivity contribution is 0.114. The summed E-state index contributed by atoms with van der Waals surface area (Å²) in [7, 11) is 1.83. The highest BCUT2D eigenvalue weighted by Gasteiger charge is 2.17. The van der Waals surface area contributed by atoms with Gasteiger partial charge in [0.1, 0.15) is 0 Å². The largest absolute Gasteiger partial charge is 0.376 e. The zero-order valence-corrected chi connectivity index (χ0v) is 16.0. The molecule has 6 heteroatoms. The van der Waals surface area contributed by atoms with Gasteiger partial charge in [-0.1, -0.05) is 18.2 Å². The fraction of sp³-hybridized carbons (Fsp3) is 0.650. The summed E-state index contributed by atoms with van der Waals surface area (Å²) in [4.78, 5) is 9.33. The molecule has 0 saturated carbocycles. The molecule has 144 valence electrons. The SMILES string of the molecule is CN=C(NCCCN1CCN(c2ccccc2)CC1)NCC1CCCO1. The van der Waals surface area contributed by atoms with Crippen molar-refractivity contribution in [1.82, 2.24) is 15.5 Å². The summed E-state index contributed by atoms with van der Waals surface area (Å²) in [6, 6.07) is 10.7. The van der Waals surface area contributed by atoms with E-state index in [0.29, 0.717) is 6.10 Å². The van der Waals surface area contributed by atoms with Crippen molar-refractivity contribution in [3.63, 3.8) is 0 Å². The Morgan fingerprint density at radius 1 is 1.15 bits per heavy atom. The van der Waals surface area contributed by atoms with Gasteiger partial charge in [-0.25, -0.2) is 0 Å². The molecule has 3 rings (SSSR count). The van der Waals surface area contributed by atoms with Crippen LogP contribution in [0.15, 0.2) is 35.3 Å². The predicted molar refractivity (Wildman–Crippen MR) is 108 cm³/mol. The van der Waals surface area contributed by atoms with Gasteiger partial charge >= 0.3 is 0 Å². The summed E-state index contributed by atoms with van der Waals surface area (Å²) in [5.74, 6) is 0.884. The normalized spacial score (nSPS) is 21.8. The highest BCUT2D eigenvalue weighted by Crippen LogP contribution is 2.15. The van der Waals surface area contributed by atoms with E-state index in [0.717, 1.165) is 71.2 Å². The van der Waals surface area contributed by atoms with Crippen LogP contribution in [0, 0.1) is 0 Å². The highest BCUT2D eigenvalue weighted by molar-refractivity contribution is 5.79. The molecule has 1 aromatic rings. The molecule has 1 atom stereocenters. The number of benzene rings is 1. The first-order valence-corrected chi connectivity index (χ1v) is 9.93. The number of para-hydroxylation sites is 1. The van der Waals surface area contributed by atoms with Gasteiger partial charge in [-0.3, -0.25) is 9.89 Å². The van der Waals surface area contributed by atoms with E-state index in [4.69, 9.17) is 4.74 Å². The minimum absolute atomic E-state index is 0.342. The Kier molecular flexibility index (Phi) is 7.58. The maximum atomic E-state index is 5.64. The molecule has 1 unspecified atom stereocenters. The van der Waals surface area contributed by atoms with Crippen LogP contribution in [0.4, 0.5) is 5.69 Å². The number of aliphatic imine (C=N–C) groups is 1. The van der Waals surface area contributed by atoms with Crippen molar-refractivity contribution >= 4 is 11.6 Å². The van der Waals surface area contributed by atoms with Crippen LogP contribution < -0.4 is 15.5 Å². The second-order valence-corrected chi connectivity index (χ2v) is 7.03. The molecule has 0 spiro atoms. The van der Waals surface area contributed by atoms with Gasteiger partial charge in [-0.2, -0.15) is 0 Å². The second-order valence-electron chi connectivity index (χ2n) is 7.03. The quantitative estimate of drug-likeness (QED) is 0.439. The minimum atomic E-state index is 0.342. The molecule has 2 N–H and O–H groups in total. The molecule has 0 aromatic heterocycles. The number of anilines is 1. The molecule has 2 aliphatic rings. The van der Waals surface area contributed by atoms with E-state index in [1.54, 1.807) is 0 Å². The fourth-order valence-corrected chi connectivity index (χ4v) is 3.61. The van der Waals surface area contributed by atoms with Crippen LogP contribution in [-0.4, -0.2) is 76.4 Å². The van der Waals surface area contributed by atoms with E-state index < -0.39 is 0 Å². The number of guanidine groups is 1. The third kappa shape index (κ3) is 5.88. The average Bonchev–Trinajstić information content (AvgIpc) is 3.22. The number of hydrogen-bond donors (Lipinski definition) is 2. The first-order chi connectivity index (χ1) is 12.8. The monoisotopic (exact) mass is 359 g/mol. The standard InChI is InChI=1S/C20H33N5O/c1-21-20(23-17-19-9-5-16-26-19)22-10-6-11-24-12-14-25(15-13-24)18-7-3-2-4-8-18/h2-4,7-8,19H,5-6,9-17H2,1H3,(H2,21,22,23). The molecular formula is C20H33N5O. The van der Waals surface area contributed by atoms with Crippen molar-refractivity contribution in [2.45, 2.75) is 25.4 Å². The molecule has 2 saturated heterocycles. The summed E-state index contributed by atoms with van der Waals surface area (Å²) < 4.78 is 5.64. The molecule has 2 aliphatic heterocycles. The maximum Gasteiger partial charge on any atom is 0.191 e. The van der Waals surface area contributed by atoms with Gasteiger partial charge in [0.2, 0.25) is 0 Å². The van der Waals surface area contributed by atoms with Crippen molar-refractivity contribution in [1.29, 1.82) is 0 Å². The molecule has 0 radical (unpaired) electrons. The number of rotatable bonds is 7. The molecule has 2 fully saturated rings. The van der Waals surface area contributed by atoms with E-state index in [9.17, 15) is 0 Å². The van der Waals surface area contributed by atoms with Gasteiger partial charge < -0.3 is 20.3 Å². The Labute approximate surface area is 157 Å². The Morgan fingerprint density at radius 3 is 2.65 bits per heavy atom. The van der Waals surface area contributed by atoms with Crippen LogP contribution >= 0.6 is 0 Å². The lowest BCUT2D eigenvalue weighted by Gasteiger charge is -2.36. The van der Waals surface area contributed by atoms with Crippen LogP contribution in [-0.2, 0) is 4.74 Å². The zero-order valence-electron chi connectivity index (χ0n) is 16.0. The summed E-state index contributed by atoms with van der Waals surface area (Å²) in [5, 5.41) is 6.78.